The highest BCUT2D eigenvalue weighted by Gasteiger charge is 2.23. The molecule has 0 fully saturated rings. The lowest BCUT2D eigenvalue weighted by Gasteiger charge is -2.17. The van der Waals surface area contributed by atoms with E-state index >= 15 is 0 Å². The Labute approximate surface area is 112 Å². The van der Waals surface area contributed by atoms with Crippen molar-refractivity contribution in [2.45, 2.75) is 32.8 Å². The Morgan fingerprint density at radius 3 is 2.37 bits per heavy atom. The van der Waals surface area contributed by atoms with Crippen molar-refractivity contribution in [2.75, 3.05) is 7.11 Å². The number of ketones is 1. The van der Waals surface area contributed by atoms with E-state index < -0.39 is 18.4 Å². The predicted octanol–water partition coefficient (Wildman–Crippen LogP) is 1.70. The quantitative estimate of drug-likeness (QED) is 0.555. The zero-order chi connectivity index (χ0) is 14.3. The highest BCUT2D eigenvalue weighted by Crippen LogP contribution is 2.07. The van der Waals surface area contributed by atoms with Gasteiger partial charge in [-0.25, -0.2) is 4.79 Å². The van der Waals surface area contributed by atoms with Gasteiger partial charge in [0, 0.05) is 14.0 Å². The van der Waals surface area contributed by atoms with Crippen molar-refractivity contribution in [1.82, 2.24) is 0 Å². The molecule has 0 aliphatic rings. The van der Waals surface area contributed by atoms with Gasteiger partial charge in [0.15, 0.2) is 11.9 Å². The van der Waals surface area contributed by atoms with Crippen molar-refractivity contribution >= 4 is 11.8 Å². The van der Waals surface area contributed by atoms with Crippen LogP contribution in [0.25, 0.3) is 0 Å². The number of Topliss-reactive ketones (excluding diaryl/α,β-unsaturated/α-hetero) is 1. The second-order valence-electron chi connectivity index (χ2n) is 4.05. The summed E-state index contributed by atoms with van der Waals surface area (Å²) in [6.45, 7) is 3.04. The van der Waals surface area contributed by atoms with Crippen LogP contribution in [0.5, 0.6) is 0 Å². The number of benzene rings is 1. The summed E-state index contributed by atoms with van der Waals surface area (Å²) < 4.78 is 15.1. The van der Waals surface area contributed by atoms with Gasteiger partial charge in [-0.2, -0.15) is 0 Å². The second kappa shape index (κ2) is 7.66. The van der Waals surface area contributed by atoms with E-state index in [4.69, 9.17) is 14.2 Å². The van der Waals surface area contributed by atoms with Crippen molar-refractivity contribution in [3.8, 4) is 0 Å². The summed E-state index contributed by atoms with van der Waals surface area (Å²) in [5, 5.41) is 0. The largest absolute Gasteiger partial charge is 0.426 e. The van der Waals surface area contributed by atoms with Crippen LogP contribution in [-0.4, -0.2) is 31.3 Å². The molecule has 0 saturated carbocycles. The maximum atomic E-state index is 11.5. The topological polar surface area (TPSA) is 61.8 Å². The Morgan fingerprint density at radius 1 is 1.21 bits per heavy atom. The van der Waals surface area contributed by atoms with Crippen molar-refractivity contribution in [3.63, 3.8) is 0 Å². The average molecular weight is 266 g/mol. The molecule has 0 radical (unpaired) electrons. The minimum absolute atomic E-state index is 0.194. The number of methoxy groups -OCH3 is 1. The number of rotatable bonds is 7. The van der Waals surface area contributed by atoms with Crippen LogP contribution in [0.4, 0.5) is 0 Å². The van der Waals surface area contributed by atoms with E-state index in [9.17, 15) is 9.59 Å². The molecular weight excluding hydrogens is 248 g/mol. The third-order valence-corrected chi connectivity index (χ3v) is 2.48. The van der Waals surface area contributed by atoms with Crippen LogP contribution in [0.2, 0.25) is 0 Å². The molecule has 2 unspecified atom stereocenters. The van der Waals surface area contributed by atoms with Crippen LogP contribution in [0, 0.1) is 0 Å². The zero-order valence-electron chi connectivity index (χ0n) is 11.3. The van der Waals surface area contributed by atoms with Gasteiger partial charge in [-0.1, -0.05) is 30.3 Å². The molecule has 0 heterocycles. The molecule has 0 saturated heterocycles. The van der Waals surface area contributed by atoms with Crippen LogP contribution in [-0.2, 0) is 30.4 Å². The Kier molecular flexibility index (Phi) is 6.18. The molecule has 0 spiro atoms. The number of esters is 1. The Balaban J connectivity index is 2.54. The van der Waals surface area contributed by atoms with Gasteiger partial charge in [0.05, 0.1) is 6.61 Å². The maximum absolute atomic E-state index is 11.5. The van der Waals surface area contributed by atoms with Crippen LogP contribution in [0.15, 0.2) is 30.3 Å². The summed E-state index contributed by atoms with van der Waals surface area (Å²) in [4.78, 5) is 22.9. The summed E-state index contributed by atoms with van der Waals surface area (Å²) in [5.41, 5.74) is 0.893. The first-order valence-electron chi connectivity index (χ1n) is 5.94. The molecule has 104 valence electrons. The van der Waals surface area contributed by atoms with Crippen LogP contribution in [0.3, 0.4) is 0 Å². The van der Waals surface area contributed by atoms with Crippen molar-refractivity contribution in [3.05, 3.63) is 35.9 Å². The summed E-state index contributed by atoms with van der Waals surface area (Å²) in [6, 6.07) is 9.32. The molecule has 1 rings (SSSR count). The standard InChI is InChI=1S/C14H18O5/c1-10(15)14(19-13(16)11(2)17-3)18-9-12-7-5-4-6-8-12/h4-8,11,14H,9H2,1-3H3. The van der Waals surface area contributed by atoms with Gasteiger partial charge < -0.3 is 14.2 Å². The fraction of sp³-hybridized carbons (Fsp3) is 0.429. The van der Waals surface area contributed by atoms with Gasteiger partial charge in [0.25, 0.3) is 6.29 Å². The van der Waals surface area contributed by atoms with E-state index in [1.54, 1.807) is 0 Å². The van der Waals surface area contributed by atoms with Gasteiger partial charge in [-0.15, -0.1) is 0 Å². The summed E-state index contributed by atoms with van der Waals surface area (Å²) in [5.74, 6) is -0.997. The number of hydrogen-bond acceptors (Lipinski definition) is 5. The van der Waals surface area contributed by atoms with Gasteiger partial charge in [-0.3, -0.25) is 4.79 Å². The Hall–Kier alpha value is -1.72. The number of carbonyl (C=O) groups excluding carboxylic acids is 2. The van der Waals surface area contributed by atoms with E-state index in [2.05, 4.69) is 0 Å². The molecule has 0 N–H and O–H groups in total. The summed E-state index contributed by atoms with van der Waals surface area (Å²) >= 11 is 0. The minimum Gasteiger partial charge on any atom is -0.426 e. The molecule has 2 atom stereocenters. The fourth-order valence-electron chi connectivity index (χ4n) is 1.28. The van der Waals surface area contributed by atoms with Crippen LogP contribution >= 0.6 is 0 Å². The third kappa shape index (κ3) is 5.19. The monoisotopic (exact) mass is 266 g/mol. The van der Waals surface area contributed by atoms with E-state index in [1.807, 2.05) is 30.3 Å². The molecule has 0 amide bonds. The van der Waals surface area contributed by atoms with E-state index in [0.29, 0.717) is 0 Å². The molecule has 5 nitrogen and oxygen atoms in total. The lowest BCUT2D eigenvalue weighted by atomic mass is 10.2. The fourth-order valence-corrected chi connectivity index (χ4v) is 1.28. The molecule has 0 aromatic heterocycles. The molecule has 0 aliphatic heterocycles. The molecule has 19 heavy (non-hydrogen) atoms. The van der Waals surface area contributed by atoms with Gasteiger partial charge in [-0.05, 0) is 12.5 Å². The normalized spacial score (nSPS) is 13.6. The number of ether oxygens (including phenoxy) is 3. The Morgan fingerprint density at radius 2 is 1.84 bits per heavy atom. The van der Waals surface area contributed by atoms with Gasteiger partial charge >= 0.3 is 5.97 Å². The smallest absolute Gasteiger partial charge is 0.337 e. The first-order valence-corrected chi connectivity index (χ1v) is 5.94. The van der Waals surface area contributed by atoms with Crippen molar-refractivity contribution < 1.29 is 23.8 Å². The van der Waals surface area contributed by atoms with E-state index in [0.717, 1.165) is 5.56 Å². The van der Waals surface area contributed by atoms with Gasteiger partial charge in [0.1, 0.15) is 0 Å². The van der Waals surface area contributed by atoms with Crippen molar-refractivity contribution in [1.29, 1.82) is 0 Å². The summed E-state index contributed by atoms with van der Waals surface area (Å²) in [7, 11) is 1.39. The predicted molar refractivity (Wildman–Crippen MR) is 68.3 cm³/mol. The van der Waals surface area contributed by atoms with Gasteiger partial charge in [0.2, 0.25) is 0 Å². The lowest BCUT2D eigenvalue weighted by Crippen LogP contribution is -2.33. The highest BCUT2D eigenvalue weighted by atomic mass is 16.7. The third-order valence-electron chi connectivity index (χ3n) is 2.48. The Bertz CT molecular complexity index is 415. The minimum atomic E-state index is -1.20. The second-order valence-corrected chi connectivity index (χ2v) is 4.05. The molecular formula is C14H18O5. The molecule has 1 aromatic rings. The maximum Gasteiger partial charge on any atom is 0.337 e. The first kappa shape index (κ1) is 15.3. The SMILES string of the molecule is COC(C)C(=O)OC(OCc1ccccc1)C(C)=O. The van der Waals surface area contributed by atoms with Crippen LogP contribution < -0.4 is 0 Å². The number of hydrogen-bond donors (Lipinski definition) is 0. The molecule has 0 aliphatic carbocycles. The molecule has 1 aromatic carbocycles. The molecule has 5 heteroatoms. The summed E-state index contributed by atoms with van der Waals surface area (Å²) in [6.07, 6.45) is -1.94. The zero-order valence-corrected chi connectivity index (χ0v) is 11.3. The molecule has 0 bridgehead atoms. The first-order chi connectivity index (χ1) is 9.04. The van der Waals surface area contributed by atoms with E-state index in [-0.39, 0.29) is 12.4 Å². The lowest BCUT2D eigenvalue weighted by molar-refractivity contribution is -0.193. The number of carbonyl (C=O) groups is 2. The van der Waals surface area contributed by atoms with E-state index in [1.165, 1.54) is 21.0 Å². The average Bonchev–Trinajstić information content (AvgIpc) is 2.42. The highest BCUT2D eigenvalue weighted by molar-refractivity contribution is 5.83. The van der Waals surface area contributed by atoms with Crippen molar-refractivity contribution in [2.24, 2.45) is 0 Å². The van der Waals surface area contributed by atoms with Crippen LogP contribution in [0.1, 0.15) is 19.4 Å².